The van der Waals surface area contributed by atoms with Crippen molar-refractivity contribution in [2.24, 2.45) is 13.0 Å². The summed E-state index contributed by atoms with van der Waals surface area (Å²) in [5.74, 6) is 0.820. The van der Waals surface area contributed by atoms with Crippen molar-refractivity contribution in [1.82, 2.24) is 9.88 Å². The molecule has 1 fully saturated rings. The summed E-state index contributed by atoms with van der Waals surface area (Å²) in [6.07, 6.45) is 4.85. The smallest absolute Gasteiger partial charge is 0.0483 e. The summed E-state index contributed by atoms with van der Waals surface area (Å²) < 4.78 is 2.26. The molecule has 1 aromatic heterocycles. The summed E-state index contributed by atoms with van der Waals surface area (Å²) in [4.78, 5) is 0. The van der Waals surface area contributed by atoms with Crippen molar-refractivity contribution in [3.05, 3.63) is 35.5 Å². The van der Waals surface area contributed by atoms with Gasteiger partial charge in [0, 0.05) is 24.1 Å². The maximum Gasteiger partial charge on any atom is 0.0483 e. The van der Waals surface area contributed by atoms with Crippen LogP contribution < -0.4 is 5.32 Å². The predicted molar refractivity (Wildman–Crippen MR) is 72.3 cm³/mol. The number of hydrogen-bond acceptors (Lipinski definition) is 1. The fraction of sp³-hybridized carbons (Fsp3) is 0.467. The lowest BCUT2D eigenvalue weighted by Gasteiger charge is -2.07. The largest absolute Gasteiger partial charge is 0.350 e. The zero-order valence-electron chi connectivity index (χ0n) is 10.7. The Kier molecular flexibility index (Phi) is 2.67. The lowest BCUT2D eigenvalue weighted by Crippen LogP contribution is -2.10. The van der Waals surface area contributed by atoms with Crippen LogP contribution in [-0.2, 0) is 13.5 Å². The maximum atomic E-state index is 3.46. The molecule has 0 saturated carbocycles. The van der Waals surface area contributed by atoms with Gasteiger partial charge in [0.25, 0.3) is 0 Å². The van der Waals surface area contributed by atoms with E-state index in [0.29, 0.717) is 0 Å². The molecule has 2 heterocycles. The molecule has 0 bridgehead atoms. The van der Waals surface area contributed by atoms with Crippen molar-refractivity contribution in [1.29, 1.82) is 0 Å². The van der Waals surface area contributed by atoms with Crippen LogP contribution in [0.5, 0.6) is 0 Å². The number of fused-ring (bicyclic) bond motifs is 1. The van der Waals surface area contributed by atoms with Crippen molar-refractivity contribution in [2.75, 3.05) is 13.1 Å². The normalized spacial score (nSPS) is 20.2. The second-order valence-corrected chi connectivity index (χ2v) is 5.30. The molecule has 90 valence electrons. The highest BCUT2D eigenvalue weighted by Gasteiger charge is 2.17. The Bertz CT molecular complexity index is 533. The molecule has 1 aliphatic heterocycles. The van der Waals surface area contributed by atoms with Gasteiger partial charge in [0.1, 0.15) is 0 Å². The van der Waals surface area contributed by atoms with Crippen molar-refractivity contribution in [2.45, 2.75) is 19.8 Å². The average molecular weight is 228 g/mol. The van der Waals surface area contributed by atoms with E-state index < -0.39 is 0 Å². The molecule has 1 N–H and O–H groups in total. The lowest BCUT2D eigenvalue weighted by atomic mass is 9.97. The van der Waals surface area contributed by atoms with Crippen LogP contribution in [0, 0.1) is 12.8 Å². The second-order valence-electron chi connectivity index (χ2n) is 5.30. The molecule has 1 atom stereocenters. The van der Waals surface area contributed by atoms with Gasteiger partial charge in [0.05, 0.1) is 0 Å². The third-order valence-electron chi connectivity index (χ3n) is 3.97. The van der Waals surface area contributed by atoms with E-state index in [4.69, 9.17) is 0 Å². The fourth-order valence-electron chi connectivity index (χ4n) is 3.09. The van der Waals surface area contributed by atoms with Crippen LogP contribution in [-0.4, -0.2) is 17.7 Å². The number of nitrogens with zero attached hydrogens (tertiary/aromatic N) is 1. The van der Waals surface area contributed by atoms with Gasteiger partial charge in [-0.15, -0.1) is 0 Å². The van der Waals surface area contributed by atoms with Gasteiger partial charge >= 0.3 is 0 Å². The molecular formula is C15H20N2. The van der Waals surface area contributed by atoms with E-state index in [0.717, 1.165) is 5.92 Å². The first kappa shape index (κ1) is 10.8. The Morgan fingerprint density at radius 1 is 1.41 bits per heavy atom. The number of rotatable bonds is 2. The summed E-state index contributed by atoms with van der Waals surface area (Å²) >= 11 is 0. The maximum absolute atomic E-state index is 3.46. The Labute approximate surface area is 103 Å². The topological polar surface area (TPSA) is 17.0 Å². The zero-order valence-corrected chi connectivity index (χ0v) is 10.7. The molecule has 0 aliphatic carbocycles. The number of benzene rings is 1. The monoisotopic (exact) mass is 228 g/mol. The first-order valence-electron chi connectivity index (χ1n) is 6.50. The van der Waals surface area contributed by atoms with Gasteiger partial charge in [-0.25, -0.2) is 0 Å². The van der Waals surface area contributed by atoms with E-state index >= 15 is 0 Å². The fourth-order valence-corrected chi connectivity index (χ4v) is 3.09. The highest BCUT2D eigenvalue weighted by molar-refractivity contribution is 5.87. The van der Waals surface area contributed by atoms with Gasteiger partial charge in [0.15, 0.2) is 0 Å². The number of nitrogens with one attached hydrogen (secondary N) is 1. The van der Waals surface area contributed by atoms with Crippen LogP contribution in [0.4, 0.5) is 0 Å². The minimum atomic E-state index is 0.820. The first-order valence-corrected chi connectivity index (χ1v) is 6.50. The highest BCUT2D eigenvalue weighted by Crippen LogP contribution is 2.27. The van der Waals surface area contributed by atoms with Crippen LogP contribution in [0.1, 0.15) is 17.5 Å². The van der Waals surface area contributed by atoms with Gasteiger partial charge in [-0.05, 0) is 56.0 Å². The van der Waals surface area contributed by atoms with Gasteiger partial charge < -0.3 is 9.88 Å². The van der Waals surface area contributed by atoms with E-state index in [9.17, 15) is 0 Å². The van der Waals surface area contributed by atoms with Gasteiger partial charge in [-0.3, -0.25) is 0 Å². The summed E-state index contributed by atoms with van der Waals surface area (Å²) in [6, 6.07) is 6.59. The number of aryl methyl sites for hydroxylation is 2. The van der Waals surface area contributed by atoms with Crippen LogP contribution in [0.2, 0.25) is 0 Å². The molecule has 1 unspecified atom stereocenters. The molecule has 0 amide bonds. The Morgan fingerprint density at radius 2 is 2.29 bits per heavy atom. The van der Waals surface area contributed by atoms with Crippen molar-refractivity contribution in [3.8, 4) is 0 Å². The molecule has 2 heteroatoms. The number of hydrogen-bond donors (Lipinski definition) is 1. The van der Waals surface area contributed by atoms with Gasteiger partial charge in [0.2, 0.25) is 0 Å². The van der Waals surface area contributed by atoms with E-state index in [1.54, 1.807) is 0 Å². The second kappa shape index (κ2) is 4.19. The molecule has 0 spiro atoms. The minimum absolute atomic E-state index is 0.820. The molecule has 17 heavy (non-hydrogen) atoms. The Balaban J connectivity index is 2.03. The van der Waals surface area contributed by atoms with Gasteiger partial charge in [-0.1, -0.05) is 12.1 Å². The van der Waals surface area contributed by atoms with Gasteiger partial charge in [-0.2, -0.15) is 0 Å². The predicted octanol–water partition coefficient (Wildman–Crippen LogP) is 2.64. The minimum Gasteiger partial charge on any atom is -0.350 e. The standard InChI is InChI=1S/C15H20N2/c1-11-4-3-5-14-15(11)13(10-17(14)2)8-12-6-7-16-9-12/h3-5,10,12,16H,6-9H2,1-2H3. The summed E-state index contributed by atoms with van der Waals surface area (Å²) in [5.41, 5.74) is 4.30. The van der Waals surface area contributed by atoms with Crippen molar-refractivity contribution in [3.63, 3.8) is 0 Å². The first-order chi connectivity index (χ1) is 8.25. The number of aromatic nitrogens is 1. The average Bonchev–Trinajstić information content (AvgIpc) is 2.90. The van der Waals surface area contributed by atoms with E-state index in [-0.39, 0.29) is 0 Å². The molecule has 3 rings (SSSR count). The van der Waals surface area contributed by atoms with E-state index in [1.165, 1.54) is 48.0 Å². The molecule has 1 aliphatic rings. The van der Waals surface area contributed by atoms with Crippen molar-refractivity contribution >= 4 is 10.9 Å². The van der Waals surface area contributed by atoms with Crippen LogP contribution in [0.25, 0.3) is 10.9 Å². The Hall–Kier alpha value is -1.28. The summed E-state index contributed by atoms with van der Waals surface area (Å²) in [5, 5.41) is 4.93. The van der Waals surface area contributed by atoms with Crippen LogP contribution >= 0.6 is 0 Å². The molecule has 1 aromatic carbocycles. The lowest BCUT2D eigenvalue weighted by molar-refractivity contribution is 0.581. The third-order valence-corrected chi connectivity index (χ3v) is 3.97. The van der Waals surface area contributed by atoms with Crippen LogP contribution in [0.15, 0.2) is 24.4 Å². The Morgan fingerprint density at radius 3 is 3.06 bits per heavy atom. The third kappa shape index (κ3) is 1.87. The van der Waals surface area contributed by atoms with E-state index in [1.807, 2.05) is 0 Å². The molecular weight excluding hydrogens is 208 g/mol. The summed E-state index contributed by atoms with van der Waals surface area (Å²) in [6.45, 7) is 4.59. The molecule has 1 saturated heterocycles. The quantitative estimate of drug-likeness (QED) is 0.836. The SMILES string of the molecule is Cc1cccc2c1c(CC1CCNC1)cn2C. The highest BCUT2D eigenvalue weighted by atomic mass is 14.9. The van der Waals surface area contributed by atoms with Crippen molar-refractivity contribution < 1.29 is 0 Å². The van der Waals surface area contributed by atoms with Crippen LogP contribution in [0.3, 0.4) is 0 Å². The molecule has 2 aromatic rings. The molecule has 0 radical (unpaired) electrons. The summed E-state index contributed by atoms with van der Waals surface area (Å²) in [7, 11) is 2.15. The zero-order chi connectivity index (χ0) is 11.8. The van der Waals surface area contributed by atoms with E-state index in [2.05, 4.69) is 48.3 Å². The molecule has 2 nitrogen and oxygen atoms in total.